The van der Waals surface area contributed by atoms with Gasteiger partial charge in [-0.05, 0) is 30.7 Å². The summed E-state index contributed by atoms with van der Waals surface area (Å²) in [6.45, 7) is 1.30. The summed E-state index contributed by atoms with van der Waals surface area (Å²) < 4.78 is 41.7. The molecule has 3 aromatic rings. The molecule has 28 heavy (non-hydrogen) atoms. The van der Waals surface area contributed by atoms with Gasteiger partial charge in [0, 0.05) is 23.4 Å². The van der Waals surface area contributed by atoms with Gasteiger partial charge < -0.3 is 5.32 Å². The number of hydrogen-bond acceptors (Lipinski definition) is 3. The molecule has 144 valence electrons. The zero-order valence-corrected chi connectivity index (χ0v) is 14.9. The Hall–Kier alpha value is -3.42. The normalized spacial score (nSPS) is 10.7. The Labute approximate surface area is 158 Å². The lowest BCUT2D eigenvalue weighted by atomic mass is 10.2. The van der Waals surface area contributed by atoms with Crippen molar-refractivity contribution in [2.24, 2.45) is 0 Å². The standard InChI is InChI=1S/C20H16F3N3O2/c1-2-15-10-19(28)26(20(24-15)12-4-3-5-13(21)8-12)11-18(27)25-17-9-14(22)6-7-16(17)23/h3-10H,2,11H2,1H3,(H,25,27). The molecular weight excluding hydrogens is 371 g/mol. The minimum absolute atomic E-state index is 0.110. The number of benzene rings is 2. The summed E-state index contributed by atoms with van der Waals surface area (Å²) in [5, 5.41) is 2.23. The van der Waals surface area contributed by atoms with E-state index in [4.69, 9.17) is 0 Å². The first-order valence-corrected chi connectivity index (χ1v) is 8.49. The van der Waals surface area contributed by atoms with E-state index >= 15 is 0 Å². The number of carbonyl (C=O) groups excluding carboxylic acids is 1. The molecule has 0 fully saturated rings. The molecule has 0 aliphatic rings. The molecule has 0 bridgehead atoms. The van der Waals surface area contributed by atoms with Crippen LogP contribution in [0.25, 0.3) is 11.4 Å². The molecule has 8 heteroatoms. The number of nitrogens with one attached hydrogen (secondary N) is 1. The fourth-order valence-corrected chi connectivity index (χ4v) is 2.66. The number of aryl methyl sites for hydroxylation is 1. The molecule has 0 aliphatic heterocycles. The Balaban J connectivity index is 1.98. The predicted octanol–water partition coefficient (Wildman–Crippen LogP) is 3.53. The van der Waals surface area contributed by atoms with Crippen molar-refractivity contribution in [3.63, 3.8) is 0 Å². The molecule has 3 rings (SSSR count). The van der Waals surface area contributed by atoms with Crippen LogP contribution in [-0.2, 0) is 17.8 Å². The van der Waals surface area contributed by atoms with Crippen molar-refractivity contribution in [1.82, 2.24) is 9.55 Å². The second-order valence-corrected chi connectivity index (χ2v) is 6.03. The van der Waals surface area contributed by atoms with Gasteiger partial charge in [0.25, 0.3) is 5.56 Å². The van der Waals surface area contributed by atoms with E-state index in [1.165, 1.54) is 24.3 Å². The third-order valence-electron chi connectivity index (χ3n) is 4.01. The van der Waals surface area contributed by atoms with Gasteiger partial charge in [-0.15, -0.1) is 0 Å². The minimum Gasteiger partial charge on any atom is -0.322 e. The summed E-state index contributed by atoms with van der Waals surface area (Å²) in [6.07, 6.45) is 0.471. The van der Waals surface area contributed by atoms with Gasteiger partial charge in [-0.3, -0.25) is 14.2 Å². The van der Waals surface area contributed by atoms with Crippen LogP contribution in [0.1, 0.15) is 12.6 Å². The van der Waals surface area contributed by atoms with Crippen molar-refractivity contribution < 1.29 is 18.0 Å². The van der Waals surface area contributed by atoms with Crippen LogP contribution in [0.3, 0.4) is 0 Å². The van der Waals surface area contributed by atoms with Gasteiger partial charge in [0.15, 0.2) is 0 Å². The van der Waals surface area contributed by atoms with E-state index in [9.17, 15) is 22.8 Å². The summed E-state index contributed by atoms with van der Waals surface area (Å²) in [6, 6.07) is 9.38. The quantitative estimate of drug-likeness (QED) is 0.729. The molecule has 2 aromatic carbocycles. The number of amides is 1. The Morgan fingerprint density at radius 3 is 2.54 bits per heavy atom. The van der Waals surface area contributed by atoms with Gasteiger partial charge in [0.1, 0.15) is 29.8 Å². The molecular formula is C20H16F3N3O2. The van der Waals surface area contributed by atoms with E-state index in [-0.39, 0.29) is 11.5 Å². The van der Waals surface area contributed by atoms with Crippen molar-refractivity contribution in [1.29, 1.82) is 0 Å². The van der Waals surface area contributed by atoms with Crippen LogP contribution < -0.4 is 10.9 Å². The molecule has 0 aliphatic carbocycles. The van der Waals surface area contributed by atoms with Crippen LogP contribution in [0.4, 0.5) is 18.9 Å². The second kappa shape index (κ2) is 8.08. The molecule has 1 heterocycles. The lowest BCUT2D eigenvalue weighted by Crippen LogP contribution is -2.30. The first-order valence-electron chi connectivity index (χ1n) is 8.49. The molecule has 0 radical (unpaired) electrons. The maximum Gasteiger partial charge on any atom is 0.254 e. The zero-order valence-electron chi connectivity index (χ0n) is 14.9. The number of nitrogens with zero attached hydrogens (tertiary/aromatic N) is 2. The van der Waals surface area contributed by atoms with Crippen LogP contribution >= 0.6 is 0 Å². The highest BCUT2D eigenvalue weighted by molar-refractivity contribution is 5.91. The zero-order chi connectivity index (χ0) is 20.3. The first-order chi connectivity index (χ1) is 13.4. The summed E-state index contributed by atoms with van der Waals surface area (Å²) in [4.78, 5) is 29.2. The average molecular weight is 387 g/mol. The lowest BCUT2D eigenvalue weighted by molar-refractivity contribution is -0.116. The monoisotopic (exact) mass is 387 g/mol. The van der Waals surface area contributed by atoms with Crippen LogP contribution in [0.5, 0.6) is 0 Å². The number of hydrogen-bond donors (Lipinski definition) is 1. The van der Waals surface area contributed by atoms with Gasteiger partial charge in [0.2, 0.25) is 5.91 Å². The van der Waals surface area contributed by atoms with Crippen LogP contribution in [0, 0.1) is 17.5 Å². The Bertz CT molecular complexity index is 1100. The number of carbonyl (C=O) groups is 1. The van der Waals surface area contributed by atoms with Gasteiger partial charge in [0.05, 0.1) is 5.69 Å². The number of anilines is 1. The highest BCUT2D eigenvalue weighted by Gasteiger charge is 2.15. The third-order valence-corrected chi connectivity index (χ3v) is 4.01. The summed E-state index contributed by atoms with van der Waals surface area (Å²) in [5.74, 6) is -2.70. The third kappa shape index (κ3) is 4.28. The van der Waals surface area contributed by atoms with Crippen molar-refractivity contribution in [3.05, 3.63) is 82.0 Å². The molecule has 1 aromatic heterocycles. The van der Waals surface area contributed by atoms with E-state index in [0.717, 1.165) is 22.8 Å². The molecule has 0 atom stereocenters. The number of aromatic nitrogens is 2. The highest BCUT2D eigenvalue weighted by atomic mass is 19.1. The second-order valence-electron chi connectivity index (χ2n) is 6.03. The average Bonchev–Trinajstić information content (AvgIpc) is 2.66. The van der Waals surface area contributed by atoms with Crippen LogP contribution in [0.2, 0.25) is 0 Å². The topological polar surface area (TPSA) is 64.0 Å². The molecule has 1 amide bonds. The first kappa shape index (κ1) is 19.3. The SMILES string of the molecule is CCc1cc(=O)n(CC(=O)Nc2cc(F)ccc2F)c(-c2cccc(F)c2)n1. The van der Waals surface area contributed by atoms with Crippen LogP contribution in [0.15, 0.2) is 53.3 Å². The van der Waals surface area contributed by atoms with E-state index in [1.807, 2.05) is 0 Å². The van der Waals surface area contributed by atoms with Gasteiger partial charge >= 0.3 is 0 Å². The van der Waals surface area contributed by atoms with Crippen molar-refractivity contribution >= 4 is 11.6 Å². The van der Waals surface area contributed by atoms with Crippen molar-refractivity contribution in [2.75, 3.05) is 5.32 Å². The largest absolute Gasteiger partial charge is 0.322 e. The van der Waals surface area contributed by atoms with Gasteiger partial charge in [-0.2, -0.15) is 0 Å². The highest BCUT2D eigenvalue weighted by Crippen LogP contribution is 2.19. The Morgan fingerprint density at radius 1 is 1.07 bits per heavy atom. The number of halogens is 3. The Morgan fingerprint density at radius 2 is 1.82 bits per heavy atom. The maximum atomic E-state index is 13.7. The van der Waals surface area contributed by atoms with E-state index < -0.39 is 35.5 Å². The summed E-state index contributed by atoms with van der Waals surface area (Å²) in [5.41, 5.74) is -0.0568. The minimum atomic E-state index is -0.813. The van der Waals surface area contributed by atoms with Gasteiger partial charge in [-0.1, -0.05) is 19.1 Å². The number of rotatable bonds is 5. The maximum absolute atomic E-state index is 13.7. The smallest absolute Gasteiger partial charge is 0.254 e. The van der Waals surface area contributed by atoms with E-state index in [0.29, 0.717) is 17.7 Å². The summed E-state index contributed by atoms with van der Waals surface area (Å²) in [7, 11) is 0. The lowest BCUT2D eigenvalue weighted by Gasteiger charge is -2.14. The predicted molar refractivity (Wildman–Crippen MR) is 98.3 cm³/mol. The molecule has 0 unspecified atom stereocenters. The van der Waals surface area contributed by atoms with Crippen molar-refractivity contribution in [3.8, 4) is 11.4 Å². The van der Waals surface area contributed by atoms with Crippen molar-refractivity contribution in [2.45, 2.75) is 19.9 Å². The molecule has 0 saturated carbocycles. The Kier molecular flexibility index (Phi) is 5.58. The molecule has 0 saturated heterocycles. The fraction of sp³-hybridized carbons (Fsp3) is 0.150. The van der Waals surface area contributed by atoms with Crippen LogP contribution in [-0.4, -0.2) is 15.5 Å². The molecule has 5 nitrogen and oxygen atoms in total. The van der Waals surface area contributed by atoms with Gasteiger partial charge in [-0.25, -0.2) is 18.2 Å². The fourth-order valence-electron chi connectivity index (χ4n) is 2.66. The molecule has 1 N–H and O–H groups in total. The van der Waals surface area contributed by atoms with E-state index in [1.54, 1.807) is 13.0 Å². The summed E-state index contributed by atoms with van der Waals surface area (Å²) >= 11 is 0. The van der Waals surface area contributed by atoms with E-state index in [2.05, 4.69) is 10.3 Å². The molecule has 0 spiro atoms.